The number of carbonyl (C=O) groups excluding carboxylic acids is 1. The van der Waals surface area contributed by atoms with Crippen LogP contribution >= 0.6 is 11.6 Å². The third-order valence-corrected chi connectivity index (χ3v) is 4.90. The number of furan rings is 1. The molecule has 2 aromatic heterocycles. The number of rotatable bonds is 8. The van der Waals surface area contributed by atoms with E-state index in [4.69, 9.17) is 20.8 Å². The number of aromatic nitrogens is 2. The van der Waals surface area contributed by atoms with Crippen molar-refractivity contribution in [2.75, 3.05) is 5.32 Å². The van der Waals surface area contributed by atoms with Gasteiger partial charge in [0, 0.05) is 23.4 Å². The van der Waals surface area contributed by atoms with Crippen molar-refractivity contribution in [3.63, 3.8) is 0 Å². The average molecular weight is 471 g/mol. The number of nitro groups is 1. The molecule has 9 nitrogen and oxygen atoms in total. The number of non-ortho nitro benzene ring substituents is 1. The molecule has 0 aliphatic heterocycles. The van der Waals surface area contributed by atoms with Crippen LogP contribution in [0.3, 0.4) is 0 Å². The van der Waals surface area contributed by atoms with Crippen LogP contribution in [0.2, 0.25) is 5.02 Å². The zero-order valence-electron chi connectivity index (χ0n) is 16.9. The second-order valence-electron chi connectivity index (χ2n) is 6.92. The largest absolute Gasteiger partial charge is 0.486 e. The van der Waals surface area contributed by atoms with Crippen LogP contribution in [0.15, 0.2) is 71.4 Å². The summed E-state index contributed by atoms with van der Waals surface area (Å²) in [5, 5.41) is 17.8. The Bertz CT molecular complexity index is 1300. The first-order valence-corrected chi connectivity index (χ1v) is 9.99. The van der Waals surface area contributed by atoms with Gasteiger partial charge in [0.1, 0.15) is 23.9 Å². The minimum Gasteiger partial charge on any atom is -0.486 e. The second-order valence-corrected chi connectivity index (χ2v) is 7.33. The molecule has 0 unspecified atom stereocenters. The molecule has 0 radical (unpaired) electrons. The summed E-state index contributed by atoms with van der Waals surface area (Å²) in [5.41, 5.74) is 1.09. The molecule has 0 atom stereocenters. The van der Waals surface area contributed by atoms with E-state index in [-0.39, 0.29) is 23.1 Å². The summed E-state index contributed by atoms with van der Waals surface area (Å²) in [7, 11) is 0. The number of benzene rings is 2. The molecule has 168 valence electrons. The van der Waals surface area contributed by atoms with Gasteiger partial charge < -0.3 is 14.5 Å². The number of halogens is 2. The topological polar surface area (TPSA) is 112 Å². The summed E-state index contributed by atoms with van der Waals surface area (Å²) in [5.74, 6) is 0.00697. The Morgan fingerprint density at radius 2 is 2.00 bits per heavy atom. The van der Waals surface area contributed by atoms with E-state index >= 15 is 0 Å². The quantitative estimate of drug-likeness (QED) is 0.284. The molecule has 0 saturated carbocycles. The first-order valence-electron chi connectivity index (χ1n) is 9.61. The number of nitrogens with one attached hydrogen (secondary N) is 1. The molecule has 4 aromatic rings. The van der Waals surface area contributed by atoms with Crippen LogP contribution in [-0.2, 0) is 13.2 Å². The van der Waals surface area contributed by atoms with Gasteiger partial charge in [0.25, 0.3) is 11.6 Å². The maximum atomic E-state index is 13.2. The van der Waals surface area contributed by atoms with Crippen molar-refractivity contribution in [2.24, 2.45) is 0 Å². The van der Waals surface area contributed by atoms with Crippen LogP contribution < -0.4 is 10.1 Å². The summed E-state index contributed by atoms with van der Waals surface area (Å²) < 4.78 is 25.8. The molecular weight excluding hydrogens is 455 g/mol. The summed E-state index contributed by atoms with van der Waals surface area (Å²) in [6, 6.07) is 12.8. The normalized spacial score (nSPS) is 10.7. The predicted octanol–water partition coefficient (Wildman–Crippen LogP) is 5.06. The molecule has 2 heterocycles. The number of amides is 1. The molecule has 1 amide bonds. The maximum Gasteiger partial charge on any atom is 0.291 e. The van der Waals surface area contributed by atoms with Gasteiger partial charge in [-0.1, -0.05) is 17.7 Å². The van der Waals surface area contributed by atoms with Crippen molar-refractivity contribution in [3.05, 3.63) is 105 Å². The molecule has 1 N–H and O–H groups in total. The lowest BCUT2D eigenvalue weighted by molar-refractivity contribution is -0.384. The molecule has 0 bridgehead atoms. The van der Waals surface area contributed by atoms with E-state index in [2.05, 4.69) is 10.4 Å². The zero-order valence-corrected chi connectivity index (χ0v) is 17.7. The van der Waals surface area contributed by atoms with Crippen molar-refractivity contribution in [1.82, 2.24) is 9.78 Å². The van der Waals surface area contributed by atoms with Gasteiger partial charge in [-0.25, -0.2) is 4.39 Å². The van der Waals surface area contributed by atoms with Crippen molar-refractivity contribution in [2.45, 2.75) is 13.2 Å². The van der Waals surface area contributed by atoms with E-state index < -0.39 is 16.6 Å². The zero-order chi connectivity index (χ0) is 23.4. The van der Waals surface area contributed by atoms with Crippen molar-refractivity contribution >= 4 is 28.9 Å². The van der Waals surface area contributed by atoms with Crippen LogP contribution in [0, 0.1) is 15.9 Å². The number of nitrogens with zero attached hydrogens (tertiary/aromatic N) is 3. The van der Waals surface area contributed by atoms with Crippen LogP contribution in [0.5, 0.6) is 5.75 Å². The molecule has 0 saturated heterocycles. The molecular formula is C22H16ClFN4O5. The second kappa shape index (κ2) is 9.53. The highest BCUT2D eigenvalue weighted by molar-refractivity contribution is 6.31. The Morgan fingerprint density at radius 3 is 2.73 bits per heavy atom. The molecule has 0 spiro atoms. The van der Waals surface area contributed by atoms with Crippen LogP contribution in [0.25, 0.3) is 0 Å². The first-order chi connectivity index (χ1) is 15.9. The number of carbonyl (C=O) groups is 1. The Balaban J connectivity index is 1.32. The van der Waals surface area contributed by atoms with E-state index in [0.29, 0.717) is 29.3 Å². The Kier molecular flexibility index (Phi) is 6.36. The lowest BCUT2D eigenvalue weighted by Gasteiger charge is -2.04. The molecule has 4 rings (SSSR count). The molecule has 33 heavy (non-hydrogen) atoms. The fourth-order valence-corrected chi connectivity index (χ4v) is 3.15. The lowest BCUT2D eigenvalue weighted by atomic mass is 10.2. The van der Waals surface area contributed by atoms with Gasteiger partial charge in [-0.3, -0.25) is 19.6 Å². The minimum atomic E-state index is -0.497. The fourth-order valence-electron chi connectivity index (χ4n) is 2.93. The SMILES string of the molecule is O=C(Nc1cnn(Cc2ccc(F)cc2Cl)c1)c1ccc(COc2ccc([N+](=O)[O-])cc2)o1. The van der Waals surface area contributed by atoms with Crippen molar-refractivity contribution < 1.29 is 23.3 Å². The number of nitro benzene ring substituents is 1. The number of anilines is 1. The van der Waals surface area contributed by atoms with Crippen LogP contribution in [0.1, 0.15) is 21.9 Å². The van der Waals surface area contributed by atoms with Crippen molar-refractivity contribution in [3.8, 4) is 5.75 Å². The third kappa shape index (κ3) is 5.55. The van der Waals surface area contributed by atoms with Crippen LogP contribution in [0.4, 0.5) is 15.8 Å². The molecule has 0 fully saturated rings. The van der Waals surface area contributed by atoms with Gasteiger partial charge in [-0.05, 0) is 42.0 Å². The number of ether oxygens (including phenoxy) is 1. The first kappa shape index (κ1) is 22.0. The van der Waals surface area contributed by atoms with Gasteiger partial charge >= 0.3 is 0 Å². The highest BCUT2D eigenvalue weighted by Crippen LogP contribution is 2.21. The van der Waals surface area contributed by atoms with E-state index in [1.165, 1.54) is 48.7 Å². The van der Waals surface area contributed by atoms with E-state index in [1.807, 2.05) is 0 Å². The highest BCUT2D eigenvalue weighted by Gasteiger charge is 2.14. The van der Waals surface area contributed by atoms with Gasteiger partial charge in [0.15, 0.2) is 5.76 Å². The van der Waals surface area contributed by atoms with E-state index in [9.17, 15) is 19.3 Å². The van der Waals surface area contributed by atoms with Gasteiger partial charge in [0.05, 0.1) is 23.4 Å². The summed E-state index contributed by atoms with van der Waals surface area (Å²) in [6.45, 7) is 0.349. The lowest BCUT2D eigenvalue weighted by Crippen LogP contribution is -2.10. The maximum absolute atomic E-state index is 13.2. The molecule has 11 heteroatoms. The van der Waals surface area contributed by atoms with Crippen molar-refractivity contribution in [1.29, 1.82) is 0 Å². The van der Waals surface area contributed by atoms with Crippen LogP contribution in [-0.4, -0.2) is 20.6 Å². The van der Waals surface area contributed by atoms with E-state index in [0.717, 1.165) is 0 Å². The monoisotopic (exact) mass is 470 g/mol. The van der Waals surface area contributed by atoms with Gasteiger partial charge in [-0.2, -0.15) is 5.10 Å². The smallest absolute Gasteiger partial charge is 0.291 e. The molecule has 2 aromatic carbocycles. The molecule has 0 aliphatic carbocycles. The Hall–Kier alpha value is -4.18. The summed E-state index contributed by atoms with van der Waals surface area (Å²) >= 11 is 6.04. The summed E-state index contributed by atoms with van der Waals surface area (Å²) in [6.07, 6.45) is 3.08. The third-order valence-electron chi connectivity index (χ3n) is 4.55. The molecule has 0 aliphatic rings. The average Bonchev–Trinajstić information content (AvgIpc) is 3.44. The van der Waals surface area contributed by atoms with E-state index in [1.54, 1.807) is 23.0 Å². The fraction of sp³-hybridized carbons (Fsp3) is 0.0909. The number of hydrogen-bond acceptors (Lipinski definition) is 6. The number of hydrogen-bond donors (Lipinski definition) is 1. The standard InChI is InChI=1S/C22H16ClFN4O5/c23-20-9-15(24)2-1-14(20)11-27-12-16(10-25-27)26-22(29)21-8-7-19(33-21)13-32-18-5-3-17(4-6-18)28(30)31/h1-10,12H,11,13H2,(H,26,29). The van der Waals surface area contributed by atoms with Gasteiger partial charge in [0.2, 0.25) is 0 Å². The predicted molar refractivity (Wildman–Crippen MR) is 117 cm³/mol. The highest BCUT2D eigenvalue weighted by atomic mass is 35.5. The Labute approximate surface area is 191 Å². The summed E-state index contributed by atoms with van der Waals surface area (Å²) in [4.78, 5) is 22.6. The minimum absolute atomic E-state index is 0.0385. The van der Waals surface area contributed by atoms with Gasteiger partial charge in [-0.15, -0.1) is 0 Å². The Morgan fingerprint density at radius 1 is 1.21 bits per heavy atom.